The lowest BCUT2D eigenvalue weighted by atomic mass is 10.0. The standard InChI is InChI=1S/C50H33N3/c1-4-14-34(15-5-1)36-24-29-42-40-20-10-12-22-45(40)52(49(42)32-36)38-25-27-39(28-26-38)53-46-23-13-11-21-41(46)43-30-31-47-44(50(43)53)33-48(35-16-6-2-7-17-35)51(47)37-18-8-3-9-19-37/h1-33H. The van der Waals surface area contributed by atoms with Gasteiger partial charge in [0, 0.05) is 44.0 Å². The second kappa shape index (κ2) is 11.7. The highest BCUT2D eigenvalue weighted by Crippen LogP contribution is 2.41. The van der Waals surface area contributed by atoms with Crippen molar-refractivity contribution in [3.8, 4) is 39.4 Å². The van der Waals surface area contributed by atoms with Gasteiger partial charge in [0.1, 0.15) is 0 Å². The molecule has 11 aromatic rings. The van der Waals surface area contributed by atoms with Gasteiger partial charge >= 0.3 is 0 Å². The molecule has 0 amide bonds. The Bertz CT molecular complexity index is 3130. The van der Waals surface area contributed by atoms with Gasteiger partial charge in [0.2, 0.25) is 0 Å². The molecule has 0 aliphatic carbocycles. The molecule has 53 heavy (non-hydrogen) atoms. The zero-order valence-corrected chi connectivity index (χ0v) is 28.9. The van der Waals surface area contributed by atoms with E-state index in [0.29, 0.717) is 0 Å². The van der Waals surface area contributed by atoms with Crippen LogP contribution in [0.25, 0.3) is 94.0 Å². The molecule has 0 unspecified atom stereocenters. The van der Waals surface area contributed by atoms with E-state index in [-0.39, 0.29) is 0 Å². The third-order valence-corrected chi connectivity index (χ3v) is 10.8. The zero-order valence-electron chi connectivity index (χ0n) is 28.9. The summed E-state index contributed by atoms with van der Waals surface area (Å²) < 4.78 is 7.28. The topological polar surface area (TPSA) is 14.8 Å². The van der Waals surface area contributed by atoms with E-state index in [1.165, 1.54) is 76.9 Å². The van der Waals surface area contributed by atoms with E-state index in [2.05, 4.69) is 214 Å². The first-order chi connectivity index (χ1) is 26.3. The van der Waals surface area contributed by atoms with E-state index in [4.69, 9.17) is 0 Å². The van der Waals surface area contributed by atoms with Crippen molar-refractivity contribution in [2.45, 2.75) is 0 Å². The summed E-state index contributed by atoms with van der Waals surface area (Å²) >= 11 is 0. The highest BCUT2D eigenvalue weighted by Gasteiger charge is 2.20. The highest BCUT2D eigenvalue weighted by atomic mass is 15.0. The molecule has 11 rings (SSSR count). The number of fused-ring (bicyclic) bond motifs is 8. The summed E-state index contributed by atoms with van der Waals surface area (Å²) in [5.41, 5.74) is 14.2. The van der Waals surface area contributed by atoms with Crippen molar-refractivity contribution in [3.05, 3.63) is 200 Å². The van der Waals surface area contributed by atoms with E-state index in [0.717, 1.165) is 17.1 Å². The Labute approximate surface area is 306 Å². The Morgan fingerprint density at radius 2 is 0.736 bits per heavy atom. The van der Waals surface area contributed by atoms with Gasteiger partial charge in [-0.1, -0.05) is 133 Å². The average Bonchev–Trinajstić information content (AvgIpc) is 3.90. The maximum absolute atomic E-state index is 2.46. The molecule has 0 saturated carbocycles. The van der Waals surface area contributed by atoms with Crippen LogP contribution in [0.1, 0.15) is 0 Å². The summed E-state index contributed by atoms with van der Waals surface area (Å²) in [5.74, 6) is 0. The van der Waals surface area contributed by atoms with Gasteiger partial charge in [-0.05, 0) is 83.4 Å². The number of hydrogen-bond donors (Lipinski definition) is 0. The molecule has 3 heteroatoms. The molecule has 0 saturated heterocycles. The third kappa shape index (κ3) is 4.54. The minimum Gasteiger partial charge on any atom is -0.309 e. The van der Waals surface area contributed by atoms with E-state index < -0.39 is 0 Å². The predicted molar refractivity (Wildman–Crippen MR) is 223 cm³/mol. The van der Waals surface area contributed by atoms with Gasteiger partial charge in [0.15, 0.2) is 0 Å². The number of rotatable bonds is 5. The molecule has 0 aliphatic rings. The van der Waals surface area contributed by atoms with E-state index in [9.17, 15) is 0 Å². The Morgan fingerprint density at radius 1 is 0.245 bits per heavy atom. The third-order valence-electron chi connectivity index (χ3n) is 10.8. The van der Waals surface area contributed by atoms with Crippen LogP contribution < -0.4 is 0 Å². The second-order valence-corrected chi connectivity index (χ2v) is 13.8. The van der Waals surface area contributed by atoms with Gasteiger partial charge in [-0.3, -0.25) is 0 Å². The van der Waals surface area contributed by atoms with Crippen LogP contribution in [-0.2, 0) is 0 Å². The molecule has 3 nitrogen and oxygen atoms in total. The highest BCUT2D eigenvalue weighted by molar-refractivity contribution is 6.19. The monoisotopic (exact) mass is 675 g/mol. The maximum Gasteiger partial charge on any atom is 0.0635 e. The molecule has 3 heterocycles. The lowest BCUT2D eigenvalue weighted by molar-refractivity contribution is 1.13. The fourth-order valence-corrected chi connectivity index (χ4v) is 8.50. The summed E-state index contributed by atoms with van der Waals surface area (Å²) in [6.07, 6.45) is 0. The van der Waals surface area contributed by atoms with Crippen LogP contribution in [0.2, 0.25) is 0 Å². The van der Waals surface area contributed by atoms with Gasteiger partial charge in [-0.15, -0.1) is 0 Å². The smallest absolute Gasteiger partial charge is 0.0635 e. The van der Waals surface area contributed by atoms with Crippen LogP contribution in [-0.4, -0.2) is 13.7 Å². The van der Waals surface area contributed by atoms with Crippen LogP contribution in [0.15, 0.2) is 200 Å². The first-order valence-corrected chi connectivity index (χ1v) is 18.2. The molecule has 0 N–H and O–H groups in total. The first-order valence-electron chi connectivity index (χ1n) is 18.2. The molecular formula is C50H33N3. The van der Waals surface area contributed by atoms with E-state index in [1.54, 1.807) is 0 Å². The normalized spacial score (nSPS) is 11.8. The van der Waals surface area contributed by atoms with Gasteiger partial charge in [0.05, 0.1) is 33.3 Å². The maximum atomic E-state index is 2.46. The van der Waals surface area contributed by atoms with E-state index in [1.807, 2.05) is 0 Å². The Morgan fingerprint density at radius 3 is 1.43 bits per heavy atom. The molecule has 3 aromatic heterocycles. The average molecular weight is 676 g/mol. The summed E-state index contributed by atoms with van der Waals surface area (Å²) in [6.45, 7) is 0. The second-order valence-electron chi connectivity index (χ2n) is 13.8. The molecule has 0 bridgehead atoms. The van der Waals surface area contributed by atoms with Gasteiger partial charge in [0.25, 0.3) is 0 Å². The van der Waals surface area contributed by atoms with Crippen LogP contribution in [0, 0.1) is 0 Å². The van der Waals surface area contributed by atoms with Crippen molar-refractivity contribution < 1.29 is 0 Å². The number of aromatic nitrogens is 3. The molecule has 8 aromatic carbocycles. The molecule has 248 valence electrons. The summed E-state index contributed by atoms with van der Waals surface area (Å²) in [6, 6.07) is 72.6. The van der Waals surface area contributed by atoms with Crippen molar-refractivity contribution >= 4 is 54.5 Å². The molecule has 0 spiro atoms. The first kappa shape index (κ1) is 29.6. The fourth-order valence-electron chi connectivity index (χ4n) is 8.50. The molecule has 0 atom stereocenters. The molecule has 0 aliphatic heterocycles. The van der Waals surface area contributed by atoms with Crippen molar-refractivity contribution in [3.63, 3.8) is 0 Å². The lowest BCUT2D eigenvalue weighted by Gasteiger charge is -2.13. The summed E-state index contributed by atoms with van der Waals surface area (Å²) in [4.78, 5) is 0. The van der Waals surface area contributed by atoms with E-state index >= 15 is 0 Å². The fraction of sp³-hybridized carbons (Fsp3) is 0. The Hall–Kier alpha value is -7.10. The summed E-state index contributed by atoms with van der Waals surface area (Å²) in [5, 5.41) is 6.23. The van der Waals surface area contributed by atoms with Gasteiger partial charge in [-0.2, -0.15) is 0 Å². The minimum absolute atomic E-state index is 1.13. The number of nitrogens with zero attached hydrogens (tertiary/aromatic N) is 3. The Balaban J connectivity index is 1.15. The number of benzene rings is 8. The zero-order chi connectivity index (χ0) is 34.9. The summed E-state index contributed by atoms with van der Waals surface area (Å²) in [7, 11) is 0. The molecular weight excluding hydrogens is 643 g/mol. The number of para-hydroxylation sites is 3. The van der Waals surface area contributed by atoms with Gasteiger partial charge < -0.3 is 13.7 Å². The number of hydrogen-bond acceptors (Lipinski definition) is 0. The van der Waals surface area contributed by atoms with Crippen molar-refractivity contribution in [2.75, 3.05) is 0 Å². The van der Waals surface area contributed by atoms with Crippen LogP contribution in [0.3, 0.4) is 0 Å². The van der Waals surface area contributed by atoms with Crippen LogP contribution >= 0.6 is 0 Å². The van der Waals surface area contributed by atoms with Crippen molar-refractivity contribution in [1.82, 2.24) is 13.7 Å². The van der Waals surface area contributed by atoms with Crippen molar-refractivity contribution in [1.29, 1.82) is 0 Å². The van der Waals surface area contributed by atoms with Gasteiger partial charge in [-0.25, -0.2) is 0 Å². The predicted octanol–water partition coefficient (Wildman–Crippen LogP) is 13.2. The molecule has 0 radical (unpaired) electrons. The van der Waals surface area contributed by atoms with Crippen LogP contribution in [0.4, 0.5) is 0 Å². The largest absolute Gasteiger partial charge is 0.309 e. The van der Waals surface area contributed by atoms with Crippen molar-refractivity contribution in [2.24, 2.45) is 0 Å². The Kier molecular flexibility index (Phi) is 6.55. The lowest BCUT2D eigenvalue weighted by Crippen LogP contribution is -1.98. The molecule has 0 fully saturated rings. The van der Waals surface area contributed by atoms with Crippen LogP contribution in [0.5, 0.6) is 0 Å². The quantitative estimate of drug-likeness (QED) is 0.172. The minimum atomic E-state index is 1.13. The SMILES string of the molecule is c1ccc(-c2ccc3c4ccccc4n(-c4ccc(-n5c6ccccc6c6ccc7c(cc(-c8ccccc8)n7-c7ccccc7)c65)cc4)c3c2)cc1.